The van der Waals surface area contributed by atoms with Gasteiger partial charge in [-0.1, -0.05) is 74.3 Å². The first-order valence-corrected chi connectivity index (χ1v) is 7.30. The van der Waals surface area contributed by atoms with E-state index in [1.54, 1.807) is 6.07 Å². The predicted octanol–water partition coefficient (Wildman–Crippen LogP) is 5.87. The molecule has 2 aromatic carbocycles. The van der Waals surface area contributed by atoms with E-state index in [0.717, 1.165) is 5.56 Å². The van der Waals surface area contributed by atoms with Crippen molar-refractivity contribution in [2.45, 2.75) is 32.8 Å². The highest BCUT2D eigenvalue weighted by Gasteiger charge is 2.17. The van der Waals surface area contributed by atoms with Crippen molar-refractivity contribution in [2.24, 2.45) is 0 Å². The normalized spacial score (nSPS) is 11.4. The fourth-order valence-corrected chi connectivity index (χ4v) is 2.48. The molecule has 0 spiro atoms. The van der Waals surface area contributed by atoms with Crippen molar-refractivity contribution in [3.05, 3.63) is 63.6 Å². The van der Waals surface area contributed by atoms with Gasteiger partial charge in [0.05, 0.1) is 5.02 Å². The average molecular weight is 309 g/mol. The Morgan fingerprint density at radius 3 is 2.35 bits per heavy atom. The lowest BCUT2D eigenvalue weighted by Gasteiger charge is -2.23. The summed E-state index contributed by atoms with van der Waals surface area (Å²) in [5.41, 5.74) is 2.52. The molecule has 0 radical (unpaired) electrons. The van der Waals surface area contributed by atoms with Crippen LogP contribution in [0, 0.1) is 0 Å². The first-order valence-electron chi connectivity index (χ1n) is 6.55. The highest BCUT2D eigenvalue weighted by atomic mass is 35.5. The topological polar surface area (TPSA) is 9.23 Å². The molecule has 1 nitrogen and oxygen atoms in total. The third-order valence-corrected chi connectivity index (χ3v) is 3.93. The van der Waals surface area contributed by atoms with Crippen LogP contribution < -0.4 is 4.74 Å². The quantitative estimate of drug-likeness (QED) is 0.689. The van der Waals surface area contributed by atoms with E-state index >= 15 is 0 Å². The molecular weight excluding hydrogens is 291 g/mol. The SMILES string of the molecule is CC(C)(C)c1ccccc1COc1cccc(Cl)c1Cl. The van der Waals surface area contributed by atoms with E-state index in [4.69, 9.17) is 27.9 Å². The number of halogens is 2. The van der Waals surface area contributed by atoms with Crippen LogP contribution in [-0.2, 0) is 12.0 Å². The van der Waals surface area contributed by atoms with Gasteiger partial charge in [-0.3, -0.25) is 0 Å². The van der Waals surface area contributed by atoms with Gasteiger partial charge >= 0.3 is 0 Å². The van der Waals surface area contributed by atoms with Crippen LogP contribution >= 0.6 is 23.2 Å². The summed E-state index contributed by atoms with van der Waals surface area (Å²) in [6.07, 6.45) is 0. The summed E-state index contributed by atoms with van der Waals surface area (Å²) < 4.78 is 5.82. The zero-order chi connectivity index (χ0) is 14.8. The van der Waals surface area contributed by atoms with E-state index in [0.29, 0.717) is 22.4 Å². The summed E-state index contributed by atoms with van der Waals surface area (Å²) >= 11 is 12.1. The van der Waals surface area contributed by atoms with E-state index in [-0.39, 0.29) is 5.41 Å². The van der Waals surface area contributed by atoms with Crippen molar-refractivity contribution in [3.8, 4) is 5.75 Å². The van der Waals surface area contributed by atoms with Crippen LogP contribution in [0.5, 0.6) is 5.75 Å². The molecule has 0 atom stereocenters. The summed E-state index contributed by atoms with van der Waals surface area (Å²) in [5.74, 6) is 0.614. The average Bonchev–Trinajstić information content (AvgIpc) is 2.40. The van der Waals surface area contributed by atoms with Crippen molar-refractivity contribution in [1.29, 1.82) is 0 Å². The smallest absolute Gasteiger partial charge is 0.139 e. The molecule has 0 aromatic heterocycles. The molecule has 106 valence electrons. The summed E-state index contributed by atoms with van der Waals surface area (Å²) in [6, 6.07) is 13.7. The van der Waals surface area contributed by atoms with Crippen molar-refractivity contribution in [2.75, 3.05) is 0 Å². The minimum atomic E-state index is 0.0814. The summed E-state index contributed by atoms with van der Waals surface area (Å²) in [5, 5.41) is 0.968. The third kappa shape index (κ3) is 3.47. The van der Waals surface area contributed by atoms with Crippen molar-refractivity contribution in [3.63, 3.8) is 0 Å². The van der Waals surface area contributed by atoms with Crippen LogP contribution in [0.15, 0.2) is 42.5 Å². The van der Waals surface area contributed by atoms with Gasteiger partial charge in [0.15, 0.2) is 0 Å². The molecular formula is C17H18Cl2O. The lowest BCUT2D eigenvalue weighted by molar-refractivity contribution is 0.303. The Bertz CT molecular complexity index is 600. The van der Waals surface area contributed by atoms with Gasteiger partial charge in [-0.15, -0.1) is 0 Å². The molecule has 2 rings (SSSR count). The predicted molar refractivity (Wildman–Crippen MR) is 85.9 cm³/mol. The summed E-state index contributed by atoms with van der Waals surface area (Å²) in [7, 11) is 0. The molecule has 0 heterocycles. The second kappa shape index (κ2) is 6.07. The Labute approximate surface area is 130 Å². The molecule has 0 aliphatic rings. The lowest BCUT2D eigenvalue weighted by atomic mass is 9.84. The number of hydrogen-bond donors (Lipinski definition) is 0. The molecule has 0 bridgehead atoms. The number of ether oxygens (including phenoxy) is 1. The zero-order valence-corrected chi connectivity index (χ0v) is 13.4. The van der Waals surface area contributed by atoms with Gasteiger partial charge in [0.2, 0.25) is 0 Å². The molecule has 0 saturated heterocycles. The van der Waals surface area contributed by atoms with Gasteiger partial charge in [-0.25, -0.2) is 0 Å². The van der Waals surface area contributed by atoms with Crippen LogP contribution in [0.2, 0.25) is 10.0 Å². The maximum Gasteiger partial charge on any atom is 0.139 e. The molecule has 0 fully saturated rings. The van der Waals surface area contributed by atoms with Crippen LogP contribution in [0.25, 0.3) is 0 Å². The highest BCUT2D eigenvalue weighted by Crippen LogP contribution is 2.33. The highest BCUT2D eigenvalue weighted by molar-refractivity contribution is 6.42. The second-order valence-corrected chi connectivity index (χ2v) is 6.53. The Balaban J connectivity index is 2.22. The van der Waals surface area contributed by atoms with Gasteiger partial charge in [0, 0.05) is 0 Å². The molecule has 0 N–H and O–H groups in total. The Kier molecular flexibility index (Phi) is 4.62. The molecule has 20 heavy (non-hydrogen) atoms. The molecule has 0 amide bonds. The lowest BCUT2D eigenvalue weighted by Crippen LogP contribution is -2.15. The molecule has 0 aliphatic heterocycles. The zero-order valence-electron chi connectivity index (χ0n) is 11.9. The first-order chi connectivity index (χ1) is 9.39. The Hall–Kier alpha value is -1.18. The van der Waals surface area contributed by atoms with Crippen molar-refractivity contribution in [1.82, 2.24) is 0 Å². The van der Waals surface area contributed by atoms with Crippen LogP contribution in [0.4, 0.5) is 0 Å². The summed E-state index contributed by atoms with van der Waals surface area (Å²) in [4.78, 5) is 0. The van der Waals surface area contributed by atoms with E-state index in [1.165, 1.54) is 5.56 Å². The van der Waals surface area contributed by atoms with E-state index in [2.05, 4.69) is 39.0 Å². The van der Waals surface area contributed by atoms with Crippen LogP contribution in [0.1, 0.15) is 31.9 Å². The molecule has 0 saturated carbocycles. The van der Waals surface area contributed by atoms with Gasteiger partial charge in [-0.05, 0) is 28.7 Å². The Morgan fingerprint density at radius 2 is 1.65 bits per heavy atom. The Morgan fingerprint density at radius 1 is 0.950 bits per heavy atom. The minimum absolute atomic E-state index is 0.0814. The van der Waals surface area contributed by atoms with Gasteiger partial charge < -0.3 is 4.74 Å². The van der Waals surface area contributed by atoms with Crippen molar-refractivity contribution < 1.29 is 4.74 Å². The maximum absolute atomic E-state index is 6.13. The minimum Gasteiger partial charge on any atom is -0.487 e. The fraction of sp³-hybridized carbons (Fsp3) is 0.294. The standard InChI is InChI=1S/C17H18Cl2O/c1-17(2,3)13-8-5-4-7-12(13)11-20-15-10-6-9-14(18)16(15)19/h4-10H,11H2,1-3H3. The first kappa shape index (κ1) is 15.2. The summed E-state index contributed by atoms with van der Waals surface area (Å²) in [6.45, 7) is 7.06. The second-order valence-electron chi connectivity index (χ2n) is 5.75. The molecule has 3 heteroatoms. The van der Waals surface area contributed by atoms with E-state index < -0.39 is 0 Å². The van der Waals surface area contributed by atoms with Crippen LogP contribution in [0.3, 0.4) is 0 Å². The fourth-order valence-electron chi connectivity index (χ4n) is 2.13. The van der Waals surface area contributed by atoms with Crippen LogP contribution in [-0.4, -0.2) is 0 Å². The van der Waals surface area contributed by atoms with Gasteiger partial charge in [0.25, 0.3) is 0 Å². The van der Waals surface area contributed by atoms with E-state index in [9.17, 15) is 0 Å². The number of rotatable bonds is 3. The molecule has 2 aromatic rings. The monoisotopic (exact) mass is 308 g/mol. The van der Waals surface area contributed by atoms with Crippen molar-refractivity contribution >= 4 is 23.2 Å². The maximum atomic E-state index is 6.13. The largest absolute Gasteiger partial charge is 0.487 e. The molecule has 0 unspecified atom stereocenters. The third-order valence-electron chi connectivity index (χ3n) is 3.12. The van der Waals surface area contributed by atoms with E-state index in [1.807, 2.05) is 18.2 Å². The van der Waals surface area contributed by atoms with Gasteiger partial charge in [-0.2, -0.15) is 0 Å². The number of hydrogen-bond acceptors (Lipinski definition) is 1. The number of benzene rings is 2. The molecule has 0 aliphatic carbocycles. The van der Waals surface area contributed by atoms with Gasteiger partial charge in [0.1, 0.15) is 17.4 Å².